The van der Waals surface area contributed by atoms with E-state index in [0.717, 1.165) is 5.06 Å². The normalized spacial score (nSPS) is 12.4. The Kier molecular flexibility index (Phi) is 4.83. The summed E-state index contributed by atoms with van der Waals surface area (Å²) in [7, 11) is 2.59. The molecule has 1 unspecified atom stereocenters. The SMILES string of the molecule is CON(C)C(=O)O[SiH](C)OC. The van der Waals surface area contributed by atoms with Crippen LogP contribution in [-0.4, -0.2) is 41.7 Å². The predicted molar refractivity (Wildman–Crippen MR) is 41.3 cm³/mol. The van der Waals surface area contributed by atoms with Crippen LogP contribution in [0.2, 0.25) is 6.55 Å². The second kappa shape index (κ2) is 5.11. The van der Waals surface area contributed by atoms with Gasteiger partial charge in [0.25, 0.3) is 0 Å². The van der Waals surface area contributed by atoms with Gasteiger partial charge in [0.15, 0.2) is 0 Å². The molecular weight excluding hydrogens is 166 g/mol. The van der Waals surface area contributed by atoms with Crippen LogP contribution in [0.15, 0.2) is 0 Å². The highest BCUT2D eigenvalue weighted by Gasteiger charge is 2.14. The van der Waals surface area contributed by atoms with Crippen LogP contribution in [0.3, 0.4) is 0 Å². The Balaban J connectivity index is 3.68. The summed E-state index contributed by atoms with van der Waals surface area (Å²) in [6, 6.07) is 0. The Hall–Kier alpha value is -0.593. The van der Waals surface area contributed by atoms with Crippen LogP contribution in [0.25, 0.3) is 0 Å². The van der Waals surface area contributed by atoms with Crippen molar-refractivity contribution in [2.24, 2.45) is 0 Å². The van der Waals surface area contributed by atoms with Gasteiger partial charge in [0.2, 0.25) is 0 Å². The van der Waals surface area contributed by atoms with Crippen LogP contribution in [0.5, 0.6) is 0 Å². The van der Waals surface area contributed by atoms with Gasteiger partial charge in [-0.05, 0) is 6.55 Å². The molecule has 0 bridgehead atoms. The standard InChI is InChI=1S/C5H13NO4Si/c1-6(8-2)5(7)10-11(4)9-3/h11H,1-4H3. The molecule has 66 valence electrons. The van der Waals surface area contributed by atoms with Crippen molar-refractivity contribution in [2.45, 2.75) is 6.55 Å². The third kappa shape index (κ3) is 3.97. The van der Waals surface area contributed by atoms with Gasteiger partial charge >= 0.3 is 15.4 Å². The van der Waals surface area contributed by atoms with E-state index >= 15 is 0 Å². The number of carbonyl (C=O) groups is 1. The summed E-state index contributed by atoms with van der Waals surface area (Å²) in [6.45, 7) is 1.75. The van der Waals surface area contributed by atoms with E-state index in [-0.39, 0.29) is 0 Å². The van der Waals surface area contributed by atoms with E-state index in [9.17, 15) is 4.79 Å². The van der Waals surface area contributed by atoms with Gasteiger partial charge in [-0.2, -0.15) is 5.06 Å². The molecule has 0 fully saturated rings. The van der Waals surface area contributed by atoms with E-state index in [1.807, 2.05) is 0 Å². The molecule has 0 spiro atoms. The molecule has 1 amide bonds. The highest BCUT2D eigenvalue weighted by atomic mass is 28.3. The minimum absolute atomic E-state index is 0.520. The molecule has 1 atom stereocenters. The minimum Gasteiger partial charge on any atom is -0.479 e. The number of hydrogen-bond acceptors (Lipinski definition) is 4. The highest BCUT2D eigenvalue weighted by molar-refractivity contribution is 6.44. The predicted octanol–water partition coefficient (Wildman–Crippen LogP) is 0.113. The number of hydrogen-bond donors (Lipinski definition) is 0. The number of amides is 1. The van der Waals surface area contributed by atoms with E-state index in [4.69, 9.17) is 8.85 Å². The van der Waals surface area contributed by atoms with E-state index in [0.29, 0.717) is 0 Å². The van der Waals surface area contributed by atoms with E-state index < -0.39 is 15.4 Å². The fraction of sp³-hybridized carbons (Fsp3) is 0.800. The van der Waals surface area contributed by atoms with Gasteiger partial charge in [0.1, 0.15) is 0 Å². The summed E-state index contributed by atoms with van der Waals surface area (Å²) >= 11 is 0. The van der Waals surface area contributed by atoms with Crippen LogP contribution >= 0.6 is 0 Å². The lowest BCUT2D eigenvalue weighted by Crippen LogP contribution is -2.31. The second-order valence-electron chi connectivity index (χ2n) is 1.87. The molecule has 0 aromatic heterocycles. The van der Waals surface area contributed by atoms with Crippen molar-refractivity contribution in [2.75, 3.05) is 21.3 Å². The lowest BCUT2D eigenvalue weighted by atomic mass is 11.1. The van der Waals surface area contributed by atoms with Crippen molar-refractivity contribution in [3.05, 3.63) is 0 Å². The third-order valence-electron chi connectivity index (χ3n) is 1.13. The molecule has 0 aromatic rings. The molecule has 6 heteroatoms. The first kappa shape index (κ1) is 10.4. The van der Waals surface area contributed by atoms with Crippen molar-refractivity contribution in [1.82, 2.24) is 5.06 Å². The summed E-state index contributed by atoms with van der Waals surface area (Å²) in [5.41, 5.74) is 0. The van der Waals surface area contributed by atoms with Gasteiger partial charge in [-0.25, -0.2) is 4.79 Å². The van der Waals surface area contributed by atoms with Gasteiger partial charge in [0, 0.05) is 14.2 Å². The minimum atomic E-state index is -1.78. The zero-order valence-corrected chi connectivity index (χ0v) is 8.31. The molecule has 0 aliphatic carbocycles. The number of rotatable bonds is 3. The molecule has 0 N–H and O–H groups in total. The average molecular weight is 179 g/mol. The Bertz CT molecular complexity index is 132. The van der Waals surface area contributed by atoms with Gasteiger partial charge in [-0.3, -0.25) is 4.84 Å². The molecule has 11 heavy (non-hydrogen) atoms. The van der Waals surface area contributed by atoms with Gasteiger partial charge < -0.3 is 8.85 Å². The largest absolute Gasteiger partial charge is 0.479 e. The summed E-state index contributed by atoms with van der Waals surface area (Å²) in [5, 5.41) is 1.00. The van der Waals surface area contributed by atoms with Crippen LogP contribution in [0.4, 0.5) is 4.79 Å². The maximum Gasteiger partial charge on any atom is 0.421 e. The molecule has 0 aliphatic heterocycles. The molecule has 0 aliphatic rings. The topological polar surface area (TPSA) is 48.0 Å². The van der Waals surface area contributed by atoms with Crippen molar-refractivity contribution < 1.29 is 18.5 Å². The van der Waals surface area contributed by atoms with Crippen LogP contribution < -0.4 is 0 Å². The van der Waals surface area contributed by atoms with Crippen molar-refractivity contribution in [1.29, 1.82) is 0 Å². The summed E-state index contributed by atoms with van der Waals surface area (Å²) in [4.78, 5) is 15.5. The Morgan fingerprint density at radius 2 is 2.00 bits per heavy atom. The fourth-order valence-corrected chi connectivity index (χ4v) is 0.867. The molecule has 5 nitrogen and oxygen atoms in total. The first-order valence-corrected chi connectivity index (χ1v) is 5.22. The highest BCUT2D eigenvalue weighted by Crippen LogP contribution is 1.93. The van der Waals surface area contributed by atoms with Crippen molar-refractivity contribution >= 4 is 15.4 Å². The van der Waals surface area contributed by atoms with Crippen LogP contribution in [0, 0.1) is 0 Å². The number of hydroxylamine groups is 2. The quantitative estimate of drug-likeness (QED) is 0.456. The Morgan fingerprint density at radius 1 is 1.45 bits per heavy atom. The maximum absolute atomic E-state index is 10.9. The van der Waals surface area contributed by atoms with E-state index in [1.165, 1.54) is 21.3 Å². The van der Waals surface area contributed by atoms with E-state index in [1.54, 1.807) is 6.55 Å². The van der Waals surface area contributed by atoms with Gasteiger partial charge in [0.05, 0.1) is 7.11 Å². The van der Waals surface area contributed by atoms with Crippen LogP contribution in [0.1, 0.15) is 0 Å². The van der Waals surface area contributed by atoms with Crippen LogP contribution in [-0.2, 0) is 13.7 Å². The monoisotopic (exact) mass is 179 g/mol. The van der Waals surface area contributed by atoms with Gasteiger partial charge in [-0.15, -0.1) is 0 Å². The number of carbonyl (C=O) groups excluding carboxylic acids is 1. The summed E-state index contributed by atoms with van der Waals surface area (Å²) < 4.78 is 9.66. The smallest absolute Gasteiger partial charge is 0.421 e. The summed E-state index contributed by atoms with van der Waals surface area (Å²) in [6.07, 6.45) is -0.520. The Morgan fingerprint density at radius 3 is 2.36 bits per heavy atom. The molecule has 0 rings (SSSR count). The zero-order chi connectivity index (χ0) is 8.85. The first-order valence-electron chi connectivity index (χ1n) is 3.13. The molecule has 0 radical (unpaired) electrons. The number of nitrogens with zero attached hydrogens (tertiary/aromatic N) is 1. The van der Waals surface area contributed by atoms with Crippen molar-refractivity contribution in [3.63, 3.8) is 0 Å². The molecule has 0 saturated heterocycles. The lowest BCUT2D eigenvalue weighted by molar-refractivity contribution is -0.0808. The first-order chi connectivity index (χ1) is 5.11. The second-order valence-corrected chi connectivity index (χ2v) is 3.71. The maximum atomic E-state index is 10.9. The molecule has 0 heterocycles. The molecular formula is C5H13NO4Si. The zero-order valence-electron chi connectivity index (χ0n) is 7.16. The third-order valence-corrected chi connectivity index (χ3v) is 2.33. The Labute approximate surface area is 67.6 Å². The van der Waals surface area contributed by atoms with E-state index in [2.05, 4.69) is 4.84 Å². The van der Waals surface area contributed by atoms with Gasteiger partial charge in [-0.1, -0.05) is 0 Å². The molecule has 0 aromatic carbocycles. The fourth-order valence-electron chi connectivity index (χ4n) is 0.339. The van der Waals surface area contributed by atoms with Crippen molar-refractivity contribution in [3.8, 4) is 0 Å². The summed E-state index contributed by atoms with van der Waals surface area (Å²) in [5.74, 6) is 0. The molecule has 0 saturated carbocycles. The average Bonchev–Trinajstić information content (AvgIpc) is 2.02. The lowest BCUT2D eigenvalue weighted by Gasteiger charge is -2.16.